The van der Waals surface area contributed by atoms with Gasteiger partial charge in [0.1, 0.15) is 12.1 Å². The molecule has 1 spiro atoms. The van der Waals surface area contributed by atoms with Gasteiger partial charge in [0.2, 0.25) is 0 Å². The molecule has 1 saturated carbocycles. The van der Waals surface area contributed by atoms with Gasteiger partial charge in [-0.2, -0.15) is 0 Å². The Hall–Kier alpha value is -2.90. The first-order chi connectivity index (χ1) is 13.3. The van der Waals surface area contributed by atoms with Crippen LogP contribution in [-0.2, 0) is 9.59 Å². The summed E-state index contributed by atoms with van der Waals surface area (Å²) in [5.41, 5.74) is 6.08. The number of hydrogen-bond acceptors (Lipinski definition) is 4. The van der Waals surface area contributed by atoms with Crippen molar-refractivity contribution in [1.82, 2.24) is 20.7 Å². The topological polar surface area (TPSA) is 98.8 Å². The zero-order valence-corrected chi connectivity index (χ0v) is 16.5. The zero-order chi connectivity index (χ0) is 20.5. The molecule has 2 aliphatic rings. The molecular formula is C20H26N4O4. The largest absolute Gasteiger partial charge is 0.327 e. The molecule has 8 heteroatoms. The molecule has 0 unspecified atom stereocenters. The Labute approximate surface area is 164 Å². The molecule has 2 fully saturated rings. The van der Waals surface area contributed by atoms with E-state index in [-0.39, 0.29) is 5.91 Å². The fourth-order valence-corrected chi connectivity index (χ4v) is 4.12. The Morgan fingerprint density at radius 3 is 2.39 bits per heavy atom. The first-order valence-corrected chi connectivity index (χ1v) is 9.52. The fourth-order valence-electron chi connectivity index (χ4n) is 4.12. The van der Waals surface area contributed by atoms with Gasteiger partial charge in [-0.25, -0.2) is 4.79 Å². The summed E-state index contributed by atoms with van der Waals surface area (Å²) in [4.78, 5) is 52.4. The van der Waals surface area contributed by atoms with Crippen LogP contribution in [0.15, 0.2) is 18.2 Å². The molecule has 1 heterocycles. The van der Waals surface area contributed by atoms with Crippen LogP contribution >= 0.6 is 0 Å². The van der Waals surface area contributed by atoms with Crippen LogP contribution in [0, 0.1) is 13.8 Å². The van der Waals surface area contributed by atoms with Crippen molar-refractivity contribution in [1.29, 1.82) is 0 Å². The Morgan fingerprint density at radius 2 is 1.75 bits per heavy atom. The summed E-state index contributed by atoms with van der Waals surface area (Å²) in [5, 5.41) is 0. The lowest BCUT2D eigenvalue weighted by Crippen LogP contribution is -2.50. The highest BCUT2D eigenvalue weighted by Gasteiger charge is 2.55. The molecule has 3 rings (SSSR count). The average molecular weight is 386 g/mol. The Morgan fingerprint density at radius 1 is 1.07 bits per heavy atom. The molecule has 1 aromatic carbocycles. The lowest BCUT2D eigenvalue weighted by Gasteiger charge is -2.35. The average Bonchev–Trinajstić information content (AvgIpc) is 2.83. The Kier molecular flexibility index (Phi) is 5.40. The minimum Gasteiger partial charge on any atom is -0.313 e. The molecule has 28 heavy (non-hydrogen) atoms. The molecule has 0 atom stereocenters. The van der Waals surface area contributed by atoms with Crippen molar-refractivity contribution in [3.63, 3.8) is 0 Å². The highest BCUT2D eigenvalue weighted by Crippen LogP contribution is 2.39. The predicted octanol–water partition coefficient (Wildman–Crippen LogP) is 1.66. The summed E-state index contributed by atoms with van der Waals surface area (Å²) in [7, 11) is 1.62. The number of benzene rings is 1. The number of hydrogen-bond donors (Lipinski definition) is 2. The van der Waals surface area contributed by atoms with Gasteiger partial charge in [-0.05, 0) is 38.3 Å². The van der Waals surface area contributed by atoms with E-state index in [1.165, 1.54) is 4.90 Å². The maximum atomic E-state index is 12.9. The number of nitrogens with zero attached hydrogens (tertiary/aromatic N) is 2. The number of hydrazine groups is 1. The molecule has 2 N–H and O–H groups in total. The number of aryl methyl sites for hydroxylation is 2. The van der Waals surface area contributed by atoms with E-state index in [0.29, 0.717) is 18.4 Å². The van der Waals surface area contributed by atoms with Crippen molar-refractivity contribution < 1.29 is 19.2 Å². The van der Waals surface area contributed by atoms with Gasteiger partial charge < -0.3 is 4.90 Å². The van der Waals surface area contributed by atoms with Gasteiger partial charge >= 0.3 is 6.03 Å². The molecule has 0 aromatic heterocycles. The summed E-state index contributed by atoms with van der Waals surface area (Å²) in [6.07, 6.45) is 4.05. The maximum absolute atomic E-state index is 12.9. The normalized spacial score (nSPS) is 18.5. The van der Waals surface area contributed by atoms with E-state index in [0.717, 1.165) is 35.3 Å². The van der Waals surface area contributed by atoms with E-state index in [9.17, 15) is 19.2 Å². The van der Waals surface area contributed by atoms with E-state index in [2.05, 4.69) is 10.9 Å². The molecule has 1 aliphatic heterocycles. The van der Waals surface area contributed by atoms with Gasteiger partial charge in [-0.15, -0.1) is 0 Å². The number of amides is 5. The van der Waals surface area contributed by atoms with Crippen molar-refractivity contribution in [2.75, 3.05) is 13.6 Å². The molecule has 0 radical (unpaired) electrons. The fraction of sp³-hybridized carbons (Fsp3) is 0.500. The maximum Gasteiger partial charge on any atom is 0.327 e. The van der Waals surface area contributed by atoms with Crippen molar-refractivity contribution in [2.45, 2.75) is 51.5 Å². The van der Waals surface area contributed by atoms with Crippen molar-refractivity contribution in [3.8, 4) is 0 Å². The van der Waals surface area contributed by atoms with Crippen molar-refractivity contribution >= 4 is 23.8 Å². The third-order valence-corrected chi connectivity index (χ3v) is 5.73. The number of carbonyl (C=O) groups excluding carboxylic acids is 4. The van der Waals surface area contributed by atoms with Gasteiger partial charge in [-0.1, -0.05) is 37.0 Å². The molecule has 0 bridgehead atoms. The van der Waals surface area contributed by atoms with Crippen LogP contribution in [0.1, 0.15) is 53.6 Å². The second kappa shape index (κ2) is 7.61. The Bertz CT molecular complexity index is 829. The zero-order valence-electron chi connectivity index (χ0n) is 16.5. The van der Waals surface area contributed by atoms with Crippen molar-refractivity contribution in [3.05, 3.63) is 34.9 Å². The third kappa shape index (κ3) is 3.46. The summed E-state index contributed by atoms with van der Waals surface area (Å²) in [5.74, 6) is -1.40. The first kappa shape index (κ1) is 19.9. The molecule has 1 aliphatic carbocycles. The Balaban J connectivity index is 1.61. The second-order valence-electron chi connectivity index (χ2n) is 7.65. The van der Waals surface area contributed by atoms with E-state index >= 15 is 0 Å². The smallest absolute Gasteiger partial charge is 0.313 e. The van der Waals surface area contributed by atoms with Crippen LogP contribution in [0.4, 0.5) is 4.79 Å². The van der Waals surface area contributed by atoms with Gasteiger partial charge in [0.15, 0.2) is 0 Å². The molecular weight excluding hydrogens is 360 g/mol. The van der Waals surface area contributed by atoms with Crippen LogP contribution in [0.5, 0.6) is 0 Å². The van der Waals surface area contributed by atoms with Gasteiger partial charge in [-0.3, -0.25) is 30.1 Å². The lowest BCUT2D eigenvalue weighted by molar-refractivity contribution is -0.137. The number of nitrogens with one attached hydrogen (secondary N) is 2. The predicted molar refractivity (Wildman–Crippen MR) is 102 cm³/mol. The van der Waals surface area contributed by atoms with Crippen LogP contribution in [0.25, 0.3) is 0 Å². The summed E-state index contributed by atoms with van der Waals surface area (Å²) < 4.78 is 0. The van der Waals surface area contributed by atoms with Crippen LogP contribution in [0.3, 0.4) is 0 Å². The highest BCUT2D eigenvalue weighted by molar-refractivity contribution is 6.09. The molecule has 1 aromatic rings. The standard InChI is InChI=1S/C20H26N4O4/c1-13-7-8-15(14(2)11-13)17(26)22-21-16(25)12-24-18(27)20(23(3)19(24)28)9-5-4-6-10-20/h7-8,11H,4-6,9-10,12H2,1-3H3,(H,21,25)(H,22,26). The van der Waals surface area contributed by atoms with E-state index in [1.54, 1.807) is 13.1 Å². The van der Waals surface area contributed by atoms with Crippen LogP contribution < -0.4 is 10.9 Å². The monoisotopic (exact) mass is 386 g/mol. The van der Waals surface area contributed by atoms with E-state index < -0.39 is 29.9 Å². The number of urea groups is 1. The summed E-state index contributed by atoms with van der Waals surface area (Å²) in [6.45, 7) is 3.32. The van der Waals surface area contributed by atoms with Gasteiger partial charge in [0, 0.05) is 12.6 Å². The summed E-state index contributed by atoms with van der Waals surface area (Å²) in [6, 6.07) is 4.90. The molecule has 150 valence electrons. The van der Waals surface area contributed by atoms with Gasteiger partial charge in [0.25, 0.3) is 17.7 Å². The number of carbonyl (C=O) groups is 4. The van der Waals surface area contributed by atoms with Gasteiger partial charge in [0.05, 0.1) is 0 Å². The van der Waals surface area contributed by atoms with E-state index in [4.69, 9.17) is 0 Å². The first-order valence-electron chi connectivity index (χ1n) is 9.52. The quantitative estimate of drug-likeness (QED) is 0.610. The lowest BCUT2D eigenvalue weighted by atomic mass is 9.81. The molecule has 8 nitrogen and oxygen atoms in total. The third-order valence-electron chi connectivity index (χ3n) is 5.73. The highest BCUT2D eigenvalue weighted by atomic mass is 16.2. The molecule has 5 amide bonds. The van der Waals surface area contributed by atoms with Crippen LogP contribution in [0.2, 0.25) is 0 Å². The second-order valence-corrected chi connectivity index (χ2v) is 7.65. The summed E-state index contributed by atoms with van der Waals surface area (Å²) >= 11 is 0. The minimum atomic E-state index is -0.822. The minimum absolute atomic E-state index is 0.324. The number of imide groups is 1. The van der Waals surface area contributed by atoms with E-state index in [1.807, 2.05) is 26.0 Å². The number of rotatable bonds is 3. The SMILES string of the molecule is Cc1ccc(C(=O)NNC(=O)CN2C(=O)N(C)C3(CCCCC3)C2=O)c(C)c1. The van der Waals surface area contributed by atoms with Crippen LogP contribution in [-0.4, -0.2) is 52.7 Å². The van der Waals surface area contributed by atoms with Crippen molar-refractivity contribution in [2.24, 2.45) is 0 Å². The molecule has 1 saturated heterocycles. The number of likely N-dealkylation sites (N-methyl/N-ethyl adjacent to an activating group) is 1.